The maximum Gasteiger partial charge on any atom is 0.256 e. The number of nitrogens with one attached hydrogen (secondary N) is 1. The number of halogens is 1. The van der Waals surface area contributed by atoms with E-state index in [2.05, 4.69) is 12.3 Å². The molecule has 1 amide bonds. The van der Waals surface area contributed by atoms with E-state index in [-0.39, 0.29) is 17.8 Å². The molecule has 0 saturated carbocycles. The summed E-state index contributed by atoms with van der Waals surface area (Å²) in [5.41, 5.74) is 14.5. The Morgan fingerprint density at radius 3 is 2.82 bits per heavy atom. The van der Waals surface area contributed by atoms with Crippen molar-refractivity contribution in [2.24, 2.45) is 5.73 Å². The van der Waals surface area contributed by atoms with E-state index >= 15 is 0 Å². The molecule has 0 aliphatic carbocycles. The van der Waals surface area contributed by atoms with Gasteiger partial charge in [0.25, 0.3) is 5.91 Å². The molecule has 0 unspecified atom stereocenters. The molecule has 0 fully saturated rings. The highest BCUT2D eigenvalue weighted by Gasteiger charge is 2.34. The monoisotopic (exact) mass is 381 g/mol. The number of pyridine rings is 1. The van der Waals surface area contributed by atoms with Crippen LogP contribution in [0.4, 0.5) is 4.39 Å². The average molecular weight is 381 g/mol. The number of hydrazine groups is 1. The molecule has 0 bridgehead atoms. The third-order valence-electron chi connectivity index (χ3n) is 5.42. The quantitative estimate of drug-likeness (QED) is 0.828. The molecular formula is C21H24FN5O. The second-order valence-electron chi connectivity index (χ2n) is 7.37. The number of carbonyl (C=O) groups is 1. The van der Waals surface area contributed by atoms with Gasteiger partial charge in [-0.15, -0.1) is 0 Å². The van der Waals surface area contributed by atoms with Crippen LogP contribution in [-0.4, -0.2) is 47.0 Å². The molecule has 0 saturated heterocycles. The van der Waals surface area contributed by atoms with E-state index in [1.807, 2.05) is 30.3 Å². The number of aromatic nitrogens is 1. The van der Waals surface area contributed by atoms with Gasteiger partial charge in [0, 0.05) is 26.2 Å². The van der Waals surface area contributed by atoms with Crippen molar-refractivity contribution >= 4 is 11.6 Å². The molecule has 4 rings (SSSR count). The smallest absolute Gasteiger partial charge is 0.256 e. The van der Waals surface area contributed by atoms with Crippen molar-refractivity contribution in [1.29, 1.82) is 0 Å². The summed E-state index contributed by atoms with van der Waals surface area (Å²) in [4.78, 5) is 19.5. The zero-order chi connectivity index (χ0) is 19.8. The highest BCUT2D eigenvalue weighted by Crippen LogP contribution is 2.29. The highest BCUT2D eigenvalue weighted by atomic mass is 19.1. The van der Waals surface area contributed by atoms with Crippen LogP contribution in [0.2, 0.25) is 0 Å². The fraction of sp³-hybridized carbons (Fsp3) is 0.333. The molecule has 0 spiro atoms. The second kappa shape index (κ2) is 7.33. The summed E-state index contributed by atoms with van der Waals surface area (Å²) in [6.45, 7) is 3.59. The Bertz CT molecular complexity index is 958. The lowest BCUT2D eigenvalue weighted by Gasteiger charge is -2.26. The molecular weight excluding hydrogens is 357 g/mol. The molecule has 1 aromatic carbocycles. The fourth-order valence-corrected chi connectivity index (χ4v) is 3.96. The van der Waals surface area contributed by atoms with E-state index in [4.69, 9.17) is 10.7 Å². The Kier molecular flexibility index (Phi) is 4.87. The van der Waals surface area contributed by atoms with Gasteiger partial charge in [-0.3, -0.25) is 4.79 Å². The van der Waals surface area contributed by atoms with Gasteiger partial charge in [-0.2, -0.15) is 0 Å². The van der Waals surface area contributed by atoms with Crippen LogP contribution in [0.25, 0.3) is 5.70 Å². The van der Waals surface area contributed by atoms with E-state index in [1.165, 1.54) is 17.7 Å². The molecule has 3 N–H and O–H groups in total. The molecule has 3 heterocycles. The molecule has 2 aliphatic heterocycles. The number of rotatable bonds is 5. The maximum atomic E-state index is 13.5. The molecule has 0 radical (unpaired) electrons. The van der Waals surface area contributed by atoms with Crippen molar-refractivity contribution in [3.63, 3.8) is 0 Å². The summed E-state index contributed by atoms with van der Waals surface area (Å²) in [5.74, 6) is -0.349. The fourth-order valence-electron chi connectivity index (χ4n) is 3.96. The van der Waals surface area contributed by atoms with Crippen molar-refractivity contribution in [1.82, 2.24) is 20.3 Å². The molecule has 6 nitrogen and oxygen atoms in total. The number of hydrogen-bond acceptors (Lipinski definition) is 5. The number of nitrogens with two attached hydrogens (primary N) is 1. The number of benzene rings is 1. The van der Waals surface area contributed by atoms with Crippen LogP contribution in [0.15, 0.2) is 42.0 Å². The van der Waals surface area contributed by atoms with Crippen molar-refractivity contribution in [3.8, 4) is 0 Å². The predicted molar refractivity (Wildman–Crippen MR) is 105 cm³/mol. The van der Waals surface area contributed by atoms with Gasteiger partial charge in [0.05, 0.1) is 29.2 Å². The summed E-state index contributed by atoms with van der Waals surface area (Å²) in [6, 6.07) is 9.97. The summed E-state index contributed by atoms with van der Waals surface area (Å²) in [7, 11) is 1.96. The SMILES string of the molecule is CC1=C(c2ccc3c(n2)CN([C@H](CN)Cc2cccc(F)c2)C3=O)N(C)NC1. The molecule has 1 aromatic heterocycles. The zero-order valence-corrected chi connectivity index (χ0v) is 16.1. The highest BCUT2D eigenvalue weighted by molar-refractivity contribution is 5.98. The lowest BCUT2D eigenvalue weighted by atomic mass is 10.0. The number of amides is 1. The van der Waals surface area contributed by atoms with E-state index in [9.17, 15) is 9.18 Å². The van der Waals surface area contributed by atoms with Crippen molar-refractivity contribution in [3.05, 3.63) is 70.3 Å². The Hall–Kier alpha value is -2.77. The Morgan fingerprint density at radius 1 is 1.32 bits per heavy atom. The van der Waals surface area contributed by atoms with Crippen LogP contribution in [0, 0.1) is 5.82 Å². The minimum Gasteiger partial charge on any atom is -0.328 e. The summed E-state index contributed by atoms with van der Waals surface area (Å²) in [5, 5.41) is 1.96. The van der Waals surface area contributed by atoms with Crippen molar-refractivity contribution < 1.29 is 9.18 Å². The third kappa shape index (κ3) is 3.27. The number of fused-ring (bicyclic) bond motifs is 1. The normalized spacial score (nSPS) is 17.5. The van der Waals surface area contributed by atoms with E-state index < -0.39 is 0 Å². The van der Waals surface area contributed by atoms with Crippen molar-refractivity contribution in [2.45, 2.75) is 25.9 Å². The van der Waals surface area contributed by atoms with Crippen LogP contribution in [-0.2, 0) is 13.0 Å². The van der Waals surface area contributed by atoms with Gasteiger partial charge in [-0.25, -0.2) is 14.8 Å². The van der Waals surface area contributed by atoms with Crippen LogP contribution in [0.5, 0.6) is 0 Å². The van der Waals surface area contributed by atoms with Gasteiger partial charge < -0.3 is 15.6 Å². The second-order valence-corrected chi connectivity index (χ2v) is 7.37. The van der Waals surface area contributed by atoms with Crippen molar-refractivity contribution in [2.75, 3.05) is 20.1 Å². The lowest BCUT2D eigenvalue weighted by Crippen LogP contribution is -2.42. The first kappa shape index (κ1) is 18.6. The number of hydrogen-bond donors (Lipinski definition) is 2. The van der Waals surface area contributed by atoms with Crippen LogP contribution in [0.3, 0.4) is 0 Å². The summed E-state index contributed by atoms with van der Waals surface area (Å²) < 4.78 is 13.5. The standard InChI is InChI=1S/C21H24FN5O/c1-13-11-24-26(2)20(13)18-7-6-17-19(25-18)12-27(21(17)28)16(10-23)9-14-4-3-5-15(22)8-14/h3-8,16,24H,9-12,23H2,1-2H3/t16-/m0/s1. The predicted octanol–water partition coefficient (Wildman–Crippen LogP) is 1.93. The van der Waals surface area contributed by atoms with Gasteiger partial charge >= 0.3 is 0 Å². The molecule has 2 aromatic rings. The Morgan fingerprint density at radius 2 is 2.14 bits per heavy atom. The molecule has 2 aliphatic rings. The first-order valence-corrected chi connectivity index (χ1v) is 9.40. The van der Waals surface area contributed by atoms with Crippen LogP contribution < -0.4 is 11.2 Å². The molecule has 146 valence electrons. The zero-order valence-electron chi connectivity index (χ0n) is 16.1. The Labute approximate surface area is 163 Å². The van der Waals surface area contributed by atoms with Crippen LogP contribution >= 0.6 is 0 Å². The third-order valence-corrected chi connectivity index (χ3v) is 5.42. The Balaban J connectivity index is 1.58. The topological polar surface area (TPSA) is 74.5 Å². The molecule has 28 heavy (non-hydrogen) atoms. The summed E-state index contributed by atoms with van der Waals surface area (Å²) in [6.07, 6.45) is 0.512. The average Bonchev–Trinajstić information content (AvgIpc) is 3.18. The first-order valence-electron chi connectivity index (χ1n) is 9.40. The maximum absolute atomic E-state index is 13.5. The lowest BCUT2D eigenvalue weighted by molar-refractivity contribution is 0.0707. The van der Waals surface area contributed by atoms with Crippen LogP contribution in [0.1, 0.15) is 34.2 Å². The summed E-state index contributed by atoms with van der Waals surface area (Å²) >= 11 is 0. The van der Waals surface area contributed by atoms with E-state index in [0.29, 0.717) is 25.1 Å². The van der Waals surface area contributed by atoms with E-state index in [0.717, 1.165) is 29.2 Å². The minimum absolute atomic E-state index is 0.0653. The number of nitrogens with zero attached hydrogens (tertiary/aromatic N) is 3. The number of carbonyl (C=O) groups excluding carboxylic acids is 1. The first-order chi connectivity index (χ1) is 13.5. The van der Waals surface area contributed by atoms with Gasteiger partial charge in [0.15, 0.2) is 0 Å². The van der Waals surface area contributed by atoms with Gasteiger partial charge in [0.1, 0.15) is 5.82 Å². The van der Waals surface area contributed by atoms with Gasteiger partial charge in [-0.1, -0.05) is 12.1 Å². The molecule has 7 heteroatoms. The largest absolute Gasteiger partial charge is 0.328 e. The van der Waals surface area contributed by atoms with Gasteiger partial charge in [-0.05, 0) is 48.7 Å². The van der Waals surface area contributed by atoms with Gasteiger partial charge in [0.2, 0.25) is 0 Å². The minimum atomic E-state index is -0.284. The molecule has 1 atom stereocenters. The van der Waals surface area contributed by atoms with E-state index in [1.54, 1.807) is 11.0 Å².